The van der Waals surface area contributed by atoms with Gasteiger partial charge in [0.05, 0.1) is 0 Å². The maximum absolute atomic E-state index is 12.7. The first-order valence-electron chi connectivity index (χ1n) is 9.48. The molecule has 0 fully saturated rings. The van der Waals surface area contributed by atoms with Gasteiger partial charge in [-0.05, 0) is 35.6 Å². The maximum Gasteiger partial charge on any atom is 0.269 e. The summed E-state index contributed by atoms with van der Waals surface area (Å²) in [5, 5.41) is 5.81. The Bertz CT molecular complexity index is 794. The lowest BCUT2D eigenvalue weighted by Crippen LogP contribution is -2.26. The summed E-state index contributed by atoms with van der Waals surface area (Å²) in [6.07, 6.45) is 4.60. The molecule has 1 aromatic heterocycles. The summed E-state index contributed by atoms with van der Waals surface area (Å²) in [5.74, 6) is -0.509. The monoisotopic (exact) mass is 367 g/mol. The van der Waals surface area contributed by atoms with Gasteiger partial charge in [-0.15, -0.1) is 0 Å². The Morgan fingerprint density at radius 2 is 1.78 bits per heavy atom. The largest absolute Gasteiger partial charge is 0.351 e. The topological polar surface area (TPSA) is 71.1 Å². The van der Waals surface area contributed by atoms with Crippen LogP contribution in [0.3, 0.4) is 0 Å². The molecule has 2 amide bonds. The van der Waals surface area contributed by atoms with E-state index in [-0.39, 0.29) is 22.9 Å². The van der Waals surface area contributed by atoms with Crippen molar-refractivity contribution in [2.45, 2.75) is 52.4 Å². The number of carbonyl (C=O) groups excluding carboxylic acids is 2. The first kappa shape index (κ1) is 20.6. The zero-order valence-corrected chi connectivity index (χ0v) is 16.6. The van der Waals surface area contributed by atoms with Crippen LogP contribution in [-0.2, 0) is 5.41 Å². The number of carbonyl (C=O) groups is 2. The predicted octanol–water partition coefficient (Wildman–Crippen LogP) is 4.55. The standard InChI is InChI=1S/C22H29N3O2/c1-5-6-9-13-24-21(27)19-15-16(12-14-23-19)20(26)25-18-11-8-7-10-17(18)22(2,3)4/h7-8,10-12,14-15H,5-6,9,13H2,1-4H3,(H,24,27)(H,25,26). The van der Waals surface area contributed by atoms with E-state index in [2.05, 4.69) is 43.3 Å². The summed E-state index contributed by atoms with van der Waals surface area (Å²) in [5.41, 5.74) is 2.40. The van der Waals surface area contributed by atoms with E-state index in [0.717, 1.165) is 30.5 Å². The molecule has 0 radical (unpaired) electrons. The van der Waals surface area contributed by atoms with E-state index in [1.807, 2.05) is 24.3 Å². The minimum atomic E-state index is -0.255. The molecule has 0 saturated heterocycles. The molecule has 0 aliphatic rings. The lowest BCUT2D eigenvalue weighted by Gasteiger charge is -2.23. The van der Waals surface area contributed by atoms with Gasteiger partial charge in [0.25, 0.3) is 11.8 Å². The zero-order chi connectivity index (χ0) is 19.9. The first-order valence-corrected chi connectivity index (χ1v) is 9.48. The van der Waals surface area contributed by atoms with Crippen molar-refractivity contribution >= 4 is 17.5 Å². The number of rotatable bonds is 7. The highest BCUT2D eigenvalue weighted by Gasteiger charge is 2.19. The summed E-state index contributed by atoms with van der Waals surface area (Å²) in [6, 6.07) is 10.9. The lowest BCUT2D eigenvalue weighted by molar-refractivity contribution is 0.0948. The number of nitrogens with one attached hydrogen (secondary N) is 2. The summed E-state index contributed by atoms with van der Waals surface area (Å²) in [4.78, 5) is 29.0. The Morgan fingerprint density at radius 1 is 1.04 bits per heavy atom. The number of hydrogen-bond acceptors (Lipinski definition) is 3. The van der Waals surface area contributed by atoms with Crippen LogP contribution in [0, 0.1) is 0 Å². The molecule has 0 spiro atoms. The molecule has 1 heterocycles. The van der Waals surface area contributed by atoms with Crippen molar-refractivity contribution in [2.24, 2.45) is 0 Å². The van der Waals surface area contributed by atoms with E-state index in [1.54, 1.807) is 6.07 Å². The lowest BCUT2D eigenvalue weighted by atomic mass is 9.86. The molecule has 144 valence electrons. The summed E-state index contributed by atoms with van der Waals surface area (Å²) >= 11 is 0. The highest BCUT2D eigenvalue weighted by atomic mass is 16.2. The normalized spacial score (nSPS) is 11.1. The van der Waals surface area contributed by atoms with Crippen molar-refractivity contribution in [2.75, 3.05) is 11.9 Å². The third kappa shape index (κ3) is 5.91. The third-order valence-electron chi connectivity index (χ3n) is 4.30. The van der Waals surface area contributed by atoms with Gasteiger partial charge in [-0.3, -0.25) is 14.6 Å². The van der Waals surface area contributed by atoms with Crippen LogP contribution >= 0.6 is 0 Å². The Balaban J connectivity index is 2.11. The molecule has 0 aliphatic carbocycles. The molecule has 2 N–H and O–H groups in total. The number of pyridine rings is 1. The fourth-order valence-electron chi connectivity index (χ4n) is 2.80. The van der Waals surface area contributed by atoms with Crippen LogP contribution in [0.5, 0.6) is 0 Å². The average molecular weight is 367 g/mol. The van der Waals surface area contributed by atoms with E-state index in [1.165, 1.54) is 12.3 Å². The highest BCUT2D eigenvalue weighted by molar-refractivity contribution is 6.06. The minimum Gasteiger partial charge on any atom is -0.351 e. The third-order valence-corrected chi connectivity index (χ3v) is 4.30. The zero-order valence-electron chi connectivity index (χ0n) is 16.6. The number of benzene rings is 1. The molecule has 5 heteroatoms. The van der Waals surface area contributed by atoms with Gasteiger partial charge < -0.3 is 10.6 Å². The highest BCUT2D eigenvalue weighted by Crippen LogP contribution is 2.29. The van der Waals surface area contributed by atoms with Crippen molar-refractivity contribution in [1.82, 2.24) is 10.3 Å². The van der Waals surface area contributed by atoms with Crippen molar-refractivity contribution in [3.05, 3.63) is 59.4 Å². The van der Waals surface area contributed by atoms with Crippen LogP contribution in [0.25, 0.3) is 0 Å². The fourth-order valence-corrected chi connectivity index (χ4v) is 2.80. The maximum atomic E-state index is 12.7. The van der Waals surface area contributed by atoms with Gasteiger partial charge in [0.2, 0.25) is 0 Å². The Morgan fingerprint density at radius 3 is 2.48 bits per heavy atom. The van der Waals surface area contributed by atoms with Crippen LogP contribution in [0.4, 0.5) is 5.69 Å². The fraction of sp³-hybridized carbons (Fsp3) is 0.409. The molecule has 1 aromatic carbocycles. The van der Waals surface area contributed by atoms with E-state index < -0.39 is 0 Å². The molecular formula is C22H29N3O2. The molecule has 2 aromatic rings. The van der Waals surface area contributed by atoms with Crippen LogP contribution in [0.15, 0.2) is 42.6 Å². The van der Waals surface area contributed by atoms with Gasteiger partial charge in [-0.25, -0.2) is 0 Å². The second kappa shape index (κ2) is 9.31. The Labute approximate surface area is 161 Å². The molecule has 2 rings (SSSR count). The predicted molar refractivity (Wildman–Crippen MR) is 109 cm³/mol. The van der Waals surface area contributed by atoms with E-state index in [9.17, 15) is 9.59 Å². The van der Waals surface area contributed by atoms with Gasteiger partial charge >= 0.3 is 0 Å². The molecule has 0 unspecified atom stereocenters. The molecule has 0 bridgehead atoms. The van der Waals surface area contributed by atoms with Crippen molar-refractivity contribution < 1.29 is 9.59 Å². The van der Waals surface area contributed by atoms with Crippen molar-refractivity contribution in [3.8, 4) is 0 Å². The summed E-state index contributed by atoms with van der Waals surface area (Å²) < 4.78 is 0. The molecule has 5 nitrogen and oxygen atoms in total. The second-order valence-corrected chi connectivity index (χ2v) is 7.64. The Hall–Kier alpha value is -2.69. The smallest absolute Gasteiger partial charge is 0.269 e. The number of unbranched alkanes of at least 4 members (excludes halogenated alkanes) is 2. The van der Waals surface area contributed by atoms with Gasteiger partial charge in [-0.1, -0.05) is 58.7 Å². The second-order valence-electron chi connectivity index (χ2n) is 7.64. The van der Waals surface area contributed by atoms with Gasteiger partial charge in [0.1, 0.15) is 5.69 Å². The quantitative estimate of drug-likeness (QED) is 0.705. The number of aromatic nitrogens is 1. The molecule has 0 saturated carbocycles. The summed E-state index contributed by atoms with van der Waals surface area (Å²) in [7, 11) is 0. The van der Waals surface area contributed by atoms with Crippen LogP contribution in [-0.4, -0.2) is 23.3 Å². The summed E-state index contributed by atoms with van der Waals surface area (Å²) in [6.45, 7) is 9.04. The minimum absolute atomic E-state index is 0.0916. The number of hydrogen-bond donors (Lipinski definition) is 2. The van der Waals surface area contributed by atoms with Crippen LogP contribution in [0.1, 0.15) is 73.4 Å². The molecular weight excluding hydrogens is 338 g/mol. The van der Waals surface area contributed by atoms with Crippen molar-refractivity contribution in [3.63, 3.8) is 0 Å². The number of para-hydroxylation sites is 1. The first-order chi connectivity index (χ1) is 12.8. The van der Waals surface area contributed by atoms with Gasteiger partial charge in [0, 0.05) is 24.0 Å². The number of anilines is 1. The molecule has 27 heavy (non-hydrogen) atoms. The van der Waals surface area contributed by atoms with E-state index in [4.69, 9.17) is 0 Å². The average Bonchev–Trinajstić information content (AvgIpc) is 2.64. The Kier molecular flexibility index (Phi) is 7.11. The number of amides is 2. The van der Waals surface area contributed by atoms with E-state index in [0.29, 0.717) is 12.1 Å². The molecule has 0 aliphatic heterocycles. The molecule has 0 atom stereocenters. The van der Waals surface area contributed by atoms with Crippen LogP contribution < -0.4 is 10.6 Å². The van der Waals surface area contributed by atoms with Crippen LogP contribution in [0.2, 0.25) is 0 Å². The van der Waals surface area contributed by atoms with Gasteiger partial charge in [-0.2, -0.15) is 0 Å². The van der Waals surface area contributed by atoms with Crippen molar-refractivity contribution in [1.29, 1.82) is 0 Å². The van der Waals surface area contributed by atoms with Gasteiger partial charge in [0.15, 0.2) is 0 Å². The number of nitrogens with zero attached hydrogens (tertiary/aromatic N) is 1. The van der Waals surface area contributed by atoms with E-state index >= 15 is 0 Å². The SMILES string of the molecule is CCCCCNC(=O)c1cc(C(=O)Nc2ccccc2C(C)(C)C)ccn1.